The predicted octanol–water partition coefficient (Wildman–Crippen LogP) is -1.16. The molecule has 0 radical (unpaired) electrons. The van der Waals surface area contributed by atoms with E-state index in [-0.39, 0.29) is 16.9 Å². The zero-order chi connectivity index (χ0) is 13.2. The number of carboxylic acids is 2. The maximum absolute atomic E-state index is 10.6. The van der Waals surface area contributed by atoms with E-state index >= 15 is 0 Å². The Bertz CT molecular complexity index is 461. The van der Waals surface area contributed by atoms with E-state index in [0.717, 1.165) is 12.3 Å². The van der Waals surface area contributed by atoms with E-state index in [1.165, 1.54) is 0 Å². The van der Waals surface area contributed by atoms with Crippen molar-refractivity contribution < 1.29 is 30.0 Å². The monoisotopic (exact) mass is 242 g/mol. The molecule has 0 aliphatic heterocycles. The Balaban J connectivity index is 3.16. The minimum atomic E-state index is -2.11. The Hall–Kier alpha value is -2.19. The first kappa shape index (κ1) is 12.9. The average Bonchev–Trinajstić information content (AvgIpc) is 2.27. The molecule has 6 N–H and O–H groups in total. The van der Waals surface area contributed by atoms with Gasteiger partial charge in [-0.25, -0.2) is 14.6 Å². The van der Waals surface area contributed by atoms with Crippen LogP contribution in [0.4, 0.5) is 5.82 Å². The largest absolute Gasteiger partial charge is 0.479 e. The van der Waals surface area contributed by atoms with E-state index in [4.69, 9.17) is 21.1 Å². The maximum atomic E-state index is 10.6. The molecule has 0 saturated carbocycles. The Morgan fingerprint density at radius 3 is 2.35 bits per heavy atom. The lowest BCUT2D eigenvalue weighted by atomic mass is 10.0. The Morgan fingerprint density at radius 2 is 1.88 bits per heavy atom. The van der Waals surface area contributed by atoms with Crippen molar-refractivity contribution in [1.29, 1.82) is 0 Å². The molecule has 1 heterocycles. The van der Waals surface area contributed by atoms with Crippen LogP contribution >= 0.6 is 0 Å². The minimum absolute atomic E-state index is 0.247. The second kappa shape index (κ2) is 4.76. The van der Waals surface area contributed by atoms with Gasteiger partial charge in [0, 0.05) is 11.8 Å². The number of aliphatic carboxylic acids is 1. The van der Waals surface area contributed by atoms with Crippen molar-refractivity contribution in [1.82, 2.24) is 4.98 Å². The van der Waals surface area contributed by atoms with E-state index in [1.54, 1.807) is 0 Å². The summed E-state index contributed by atoms with van der Waals surface area (Å²) in [5, 5.41) is 35.8. The highest BCUT2D eigenvalue weighted by molar-refractivity contribution is 5.88. The summed E-state index contributed by atoms with van der Waals surface area (Å²) < 4.78 is 0. The minimum Gasteiger partial charge on any atom is -0.479 e. The van der Waals surface area contributed by atoms with Crippen LogP contribution in [0.5, 0.6) is 0 Å². The molecule has 0 aliphatic rings. The number of hydrogen-bond acceptors (Lipinski definition) is 6. The van der Waals surface area contributed by atoms with Gasteiger partial charge in [0.2, 0.25) is 0 Å². The molecule has 0 aliphatic carbocycles. The number of anilines is 1. The predicted molar refractivity (Wildman–Crippen MR) is 54.2 cm³/mol. The summed E-state index contributed by atoms with van der Waals surface area (Å²) in [7, 11) is 0. The highest BCUT2D eigenvalue weighted by Crippen LogP contribution is 2.22. The van der Waals surface area contributed by atoms with Gasteiger partial charge in [0.25, 0.3) is 0 Å². The first-order chi connectivity index (χ1) is 7.84. The lowest BCUT2D eigenvalue weighted by Crippen LogP contribution is -2.28. The third-order valence-electron chi connectivity index (χ3n) is 2.07. The number of hydrogen-bond donors (Lipinski definition) is 5. The topological polar surface area (TPSA) is 154 Å². The molecule has 8 heteroatoms. The molecule has 0 bridgehead atoms. The van der Waals surface area contributed by atoms with Crippen molar-refractivity contribution in [3.63, 3.8) is 0 Å². The van der Waals surface area contributed by atoms with E-state index in [0.29, 0.717) is 0 Å². The van der Waals surface area contributed by atoms with Gasteiger partial charge in [-0.2, -0.15) is 0 Å². The smallest absolute Gasteiger partial charge is 0.337 e. The highest BCUT2D eigenvalue weighted by atomic mass is 16.4. The standard InChI is InChI=1S/C9H10N2O6/c10-7-4(5(12)6(13)9(16)17)1-3(2-11-7)8(14)15/h1-2,5-6,12-13H,(H2,10,11)(H,14,15)(H,16,17). The van der Waals surface area contributed by atoms with Gasteiger partial charge in [0.05, 0.1) is 5.56 Å². The Kier molecular flexibility index (Phi) is 3.61. The van der Waals surface area contributed by atoms with Gasteiger partial charge in [-0.15, -0.1) is 0 Å². The number of carbonyl (C=O) groups is 2. The van der Waals surface area contributed by atoms with E-state index in [9.17, 15) is 14.7 Å². The molecule has 2 atom stereocenters. The number of carboxylic acid groups (broad SMARTS) is 2. The number of nitrogens with zero attached hydrogens (tertiary/aromatic N) is 1. The number of pyridine rings is 1. The molecule has 1 aromatic rings. The molecule has 0 amide bonds. The SMILES string of the molecule is Nc1ncc(C(=O)O)cc1C(O)C(O)C(=O)O. The molecule has 0 saturated heterocycles. The maximum Gasteiger partial charge on any atom is 0.337 e. The fraction of sp³-hybridized carbons (Fsp3) is 0.222. The van der Waals surface area contributed by atoms with Gasteiger partial charge >= 0.3 is 11.9 Å². The third kappa shape index (κ3) is 2.68. The second-order valence-electron chi connectivity index (χ2n) is 3.23. The molecule has 0 fully saturated rings. The van der Waals surface area contributed by atoms with Crippen LogP contribution in [0.3, 0.4) is 0 Å². The van der Waals surface area contributed by atoms with Crippen molar-refractivity contribution in [2.45, 2.75) is 12.2 Å². The lowest BCUT2D eigenvalue weighted by molar-refractivity contribution is -0.153. The van der Waals surface area contributed by atoms with Crippen molar-refractivity contribution in [3.8, 4) is 0 Å². The number of aromatic nitrogens is 1. The first-order valence-electron chi connectivity index (χ1n) is 4.42. The molecule has 1 rings (SSSR count). The number of aliphatic hydroxyl groups excluding tert-OH is 2. The normalized spacial score (nSPS) is 14.0. The van der Waals surface area contributed by atoms with Gasteiger partial charge in [0.15, 0.2) is 6.10 Å². The summed E-state index contributed by atoms with van der Waals surface area (Å²) in [6.07, 6.45) is -3.00. The van der Waals surface area contributed by atoms with E-state index < -0.39 is 24.1 Å². The molecular weight excluding hydrogens is 232 g/mol. The molecule has 0 aromatic carbocycles. The number of aromatic carboxylic acids is 1. The molecule has 2 unspecified atom stereocenters. The van der Waals surface area contributed by atoms with Crippen LogP contribution < -0.4 is 5.73 Å². The summed E-state index contributed by atoms with van der Waals surface area (Å²) in [5.41, 5.74) is 4.84. The third-order valence-corrected chi connectivity index (χ3v) is 2.07. The van der Waals surface area contributed by atoms with Crippen molar-refractivity contribution in [2.24, 2.45) is 0 Å². The molecule has 92 valence electrons. The summed E-state index contributed by atoms with van der Waals surface area (Å²) in [6, 6.07) is 0.960. The molecular formula is C9H10N2O6. The van der Waals surface area contributed by atoms with Crippen LogP contribution in [0.2, 0.25) is 0 Å². The van der Waals surface area contributed by atoms with Gasteiger partial charge in [-0.3, -0.25) is 0 Å². The molecule has 17 heavy (non-hydrogen) atoms. The van der Waals surface area contributed by atoms with Crippen LogP contribution in [0.25, 0.3) is 0 Å². The fourth-order valence-electron chi connectivity index (χ4n) is 1.15. The van der Waals surface area contributed by atoms with Crippen LogP contribution in [0, 0.1) is 0 Å². The highest BCUT2D eigenvalue weighted by Gasteiger charge is 2.27. The van der Waals surface area contributed by atoms with Crippen LogP contribution in [-0.4, -0.2) is 43.5 Å². The summed E-state index contributed by atoms with van der Waals surface area (Å²) in [4.78, 5) is 24.6. The molecule has 1 aromatic heterocycles. The Labute approximate surface area is 95.0 Å². The fourth-order valence-corrected chi connectivity index (χ4v) is 1.15. The van der Waals surface area contributed by atoms with Crippen molar-refractivity contribution in [3.05, 3.63) is 23.4 Å². The Morgan fingerprint density at radius 1 is 1.29 bits per heavy atom. The number of nitrogens with two attached hydrogens (primary N) is 1. The van der Waals surface area contributed by atoms with E-state index in [2.05, 4.69) is 4.98 Å². The number of rotatable bonds is 4. The summed E-state index contributed by atoms with van der Waals surface area (Å²) in [6.45, 7) is 0. The first-order valence-corrected chi connectivity index (χ1v) is 4.42. The lowest BCUT2D eigenvalue weighted by Gasteiger charge is -2.15. The van der Waals surface area contributed by atoms with E-state index in [1.807, 2.05) is 0 Å². The molecule has 8 nitrogen and oxygen atoms in total. The van der Waals surface area contributed by atoms with Crippen LogP contribution in [0.1, 0.15) is 22.0 Å². The van der Waals surface area contributed by atoms with Gasteiger partial charge in [0.1, 0.15) is 11.9 Å². The quantitative estimate of drug-likeness (QED) is 0.443. The van der Waals surface area contributed by atoms with Gasteiger partial charge in [-0.05, 0) is 6.07 Å². The summed E-state index contributed by atoms with van der Waals surface area (Å²) in [5.74, 6) is -3.21. The van der Waals surface area contributed by atoms with Gasteiger partial charge < -0.3 is 26.2 Å². The van der Waals surface area contributed by atoms with Crippen LogP contribution in [0.15, 0.2) is 12.3 Å². The number of nitrogen functional groups attached to an aromatic ring is 1. The second-order valence-corrected chi connectivity index (χ2v) is 3.23. The number of aliphatic hydroxyl groups is 2. The zero-order valence-electron chi connectivity index (χ0n) is 8.44. The zero-order valence-corrected chi connectivity index (χ0v) is 8.44. The van der Waals surface area contributed by atoms with Crippen LogP contribution in [-0.2, 0) is 4.79 Å². The van der Waals surface area contributed by atoms with Gasteiger partial charge in [-0.1, -0.05) is 0 Å². The average molecular weight is 242 g/mol. The molecule has 0 spiro atoms. The van der Waals surface area contributed by atoms with Crippen molar-refractivity contribution in [2.75, 3.05) is 5.73 Å². The van der Waals surface area contributed by atoms with Crippen molar-refractivity contribution >= 4 is 17.8 Å². The summed E-state index contributed by atoms with van der Waals surface area (Å²) >= 11 is 0.